The van der Waals surface area contributed by atoms with Crippen molar-refractivity contribution in [3.8, 4) is 11.1 Å². The Bertz CT molecular complexity index is 1780. The van der Waals surface area contributed by atoms with E-state index in [0.29, 0.717) is 5.92 Å². The topological polar surface area (TPSA) is 0 Å². The fourth-order valence-corrected chi connectivity index (χ4v) is 5.81. The molecule has 1 atom stereocenters. The normalized spacial score (nSPS) is 15.1. The van der Waals surface area contributed by atoms with Gasteiger partial charge in [-0.2, -0.15) is 0 Å². The lowest BCUT2D eigenvalue weighted by Gasteiger charge is -2.22. The third kappa shape index (κ3) is 2.99. The van der Waals surface area contributed by atoms with Gasteiger partial charge in [0, 0.05) is 5.92 Å². The Kier molecular flexibility index (Phi) is 4.38. The monoisotopic (exact) mass is 432 g/mol. The molecule has 160 valence electrons. The average Bonchev–Trinajstić information content (AvgIpc) is 2.91. The molecule has 0 spiro atoms. The number of hydrogen-bond donors (Lipinski definition) is 0. The average molecular weight is 433 g/mol. The summed E-state index contributed by atoms with van der Waals surface area (Å²) < 4.78 is 0. The Labute approximate surface area is 199 Å². The second-order valence-electron chi connectivity index (χ2n) is 9.28. The van der Waals surface area contributed by atoms with Crippen LogP contribution in [-0.4, -0.2) is 0 Å². The highest BCUT2D eigenvalue weighted by molar-refractivity contribution is 6.16. The van der Waals surface area contributed by atoms with Gasteiger partial charge >= 0.3 is 0 Å². The fourth-order valence-electron chi connectivity index (χ4n) is 5.81. The zero-order chi connectivity index (χ0) is 22.5. The molecule has 34 heavy (non-hydrogen) atoms. The molecule has 0 bridgehead atoms. The Morgan fingerprint density at radius 3 is 1.82 bits per heavy atom. The van der Waals surface area contributed by atoms with E-state index < -0.39 is 0 Å². The molecule has 0 heteroatoms. The highest BCUT2D eigenvalue weighted by Crippen LogP contribution is 2.43. The van der Waals surface area contributed by atoms with E-state index in [0.717, 1.165) is 6.42 Å². The van der Waals surface area contributed by atoms with Gasteiger partial charge in [-0.15, -0.1) is 0 Å². The second kappa shape index (κ2) is 7.71. The van der Waals surface area contributed by atoms with Crippen molar-refractivity contribution in [3.05, 3.63) is 131 Å². The Morgan fingerprint density at radius 2 is 1.09 bits per heavy atom. The summed E-state index contributed by atoms with van der Waals surface area (Å²) in [6, 6.07) is 42.2. The van der Waals surface area contributed by atoms with Gasteiger partial charge in [-0.05, 0) is 71.9 Å². The van der Waals surface area contributed by atoms with Crippen LogP contribution in [0.2, 0.25) is 0 Å². The molecule has 6 aromatic carbocycles. The Hall–Kier alpha value is -4.16. The van der Waals surface area contributed by atoms with Crippen molar-refractivity contribution in [2.45, 2.75) is 12.3 Å². The molecule has 0 aromatic heterocycles. The van der Waals surface area contributed by atoms with Gasteiger partial charge in [0.15, 0.2) is 0 Å². The maximum absolute atomic E-state index is 2.47. The lowest BCUT2D eigenvalue weighted by molar-refractivity contribution is 0.940. The van der Waals surface area contributed by atoms with Crippen molar-refractivity contribution in [2.75, 3.05) is 0 Å². The van der Waals surface area contributed by atoms with Crippen LogP contribution < -0.4 is 10.4 Å². The van der Waals surface area contributed by atoms with E-state index in [1.807, 2.05) is 0 Å². The standard InChI is InChI=1S/C34H24/c1-3-11-25-21-27(19-17-23(25)9-1)33-29-13-5-7-15-31(29)34(32-16-8-6-14-30(32)33)28-20-18-24-10-2-4-12-26(24)22-28/h1-19,21-22,28H,20H2. The van der Waals surface area contributed by atoms with Gasteiger partial charge in [0.05, 0.1) is 0 Å². The number of hydrogen-bond acceptors (Lipinski definition) is 0. The minimum Gasteiger partial charge on any atom is -0.0758 e. The van der Waals surface area contributed by atoms with Crippen LogP contribution in [0.25, 0.3) is 55.6 Å². The highest BCUT2D eigenvalue weighted by Gasteiger charge is 2.20. The maximum atomic E-state index is 2.47. The number of benzene rings is 6. The van der Waals surface area contributed by atoms with Crippen LogP contribution in [0.1, 0.15) is 17.9 Å². The summed E-state index contributed by atoms with van der Waals surface area (Å²) in [6.45, 7) is 0. The SMILES string of the molecule is C1=c2ccccc2=CC(c2c3ccccc3c(-c3ccc4ccccc4c3)c3ccccc23)C1. The molecule has 0 amide bonds. The smallest absolute Gasteiger partial charge is 0.00743 e. The molecule has 0 fully saturated rings. The third-order valence-corrected chi connectivity index (χ3v) is 7.35. The molecule has 6 aromatic rings. The van der Waals surface area contributed by atoms with Crippen LogP contribution in [0.3, 0.4) is 0 Å². The molecular weight excluding hydrogens is 408 g/mol. The van der Waals surface area contributed by atoms with E-state index in [4.69, 9.17) is 0 Å². The Morgan fingerprint density at radius 1 is 0.500 bits per heavy atom. The summed E-state index contributed by atoms with van der Waals surface area (Å²) in [5.74, 6) is 0.357. The van der Waals surface area contributed by atoms with Gasteiger partial charge < -0.3 is 0 Å². The summed E-state index contributed by atoms with van der Waals surface area (Å²) in [4.78, 5) is 0. The number of fused-ring (bicyclic) bond motifs is 4. The van der Waals surface area contributed by atoms with Crippen LogP contribution in [0, 0.1) is 0 Å². The molecule has 0 heterocycles. The van der Waals surface area contributed by atoms with Gasteiger partial charge in [-0.3, -0.25) is 0 Å². The summed E-state index contributed by atoms with van der Waals surface area (Å²) in [6.07, 6.45) is 5.90. The number of rotatable bonds is 2. The summed E-state index contributed by atoms with van der Waals surface area (Å²) in [7, 11) is 0. The zero-order valence-electron chi connectivity index (χ0n) is 18.9. The molecular formula is C34H24. The maximum Gasteiger partial charge on any atom is 0.00743 e. The van der Waals surface area contributed by atoms with Crippen LogP contribution in [0.4, 0.5) is 0 Å². The summed E-state index contributed by atoms with van der Waals surface area (Å²) in [5, 5.41) is 10.6. The van der Waals surface area contributed by atoms with Crippen molar-refractivity contribution >= 4 is 44.5 Å². The first-order chi connectivity index (χ1) is 16.9. The second-order valence-corrected chi connectivity index (χ2v) is 9.28. The van der Waals surface area contributed by atoms with Gasteiger partial charge in [-0.25, -0.2) is 0 Å². The van der Waals surface area contributed by atoms with Crippen molar-refractivity contribution < 1.29 is 0 Å². The first kappa shape index (κ1) is 19.3. The van der Waals surface area contributed by atoms with Crippen LogP contribution in [-0.2, 0) is 0 Å². The molecule has 0 aliphatic heterocycles. The first-order valence-corrected chi connectivity index (χ1v) is 12.1. The van der Waals surface area contributed by atoms with Gasteiger partial charge in [0.1, 0.15) is 0 Å². The van der Waals surface area contributed by atoms with Gasteiger partial charge in [0.25, 0.3) is 0 Å². The lowest BCUT2D eigenvalue weighted by atomic mass is 9.81. The first-order valence-electron chi connectivity index (χ1n) is 12.1. The summed E-state index contributed by atoms with van der Waals surface area (Å²) in [5.41, 5.74) is 4.06. The van der Waals surface area contributed by atoms with E-state index >= 15 is 0 Å². The van der Waals surface area contributed by atoms with Crippen molar-refractivity contribution in [1.29, 1.82) is 0 Å². The molecule has 0 radical (unpaired) electrons. The molecule has 7 rings (SSSR count). The summed E-state index contributed by atoms with van der Waals surface area (Å²) >= 11 is 0. The van der Waals surface area contributed by atoms with E-state index in [-0.39, 0.29) is 0 Å². The van der Waals surface area contributed by atoms with E-state index in [1.165, 1.54) is 59.4 Å². The third-order valence-electron chi connectivity index (χ3n) is 7.35. The highest BCUT2D eigenvalue weighted by atomic mass is 14.2. The Balaban J connectivity index is 1.57. The van der Waals surface area contributed by atoms with Crippen molar-refractivity contribution in [1.82, 2.24) is 0 Å². The molecule has 0 saturated carbocycles. The molecule has 1 unspecified atom stereocenters. The van der Waals surface area contributed by atoms with Crippen molar-refractivity contribution in [2.24, 2.45) is 0 Å². The zero-order valence-corrected chi connectivity index (χ0v) is 18.9. The quantitative estimate of drug-likeness (QED) is 0.248. The minimum absolute atomic E-state index is 0.357. The van der Waals surface area contributed by atoms with Crippen LogP contribution >= 0.6 is 0 Å². The predicted octanol–water partition coefficient (Wildman–Crippen LogP) is 7.56. The minimum atomic E-state index is 0.357. The van der Waals surface area contributed by atoms with E-state index in [1.54, 1.807) is 0 Å². The molecule has 0 saturated heterocycles. The predicted molar refractivity (Wildman–Crippen MR) is 146 cm³/mol. The van der Waals surface area contributed by atoms with Crippen LogP contribution in [0.15, 0.2) is 115 Å². The molecule has 0 nitrogen and oxygen atoms in total. The molecule has 1 aliphatic rings. The van der Waals surface area contributed by atoms with E-state index in [9.17, 15) is 0 Å². The van der Waals surface area contributed by atoms with Crippen molar-refractivity contribution in [3.63, 3.8) is 0 Å². The van der Waals surface area contributed by atoms with Crippen LogP contribution in [0.5, 0.6) is 0 Å². The van der Waals surface area contributed by atoms with E-state index in [2.05, 4.69) is 127 Å². The molecule has 0 N–H and O–H groups in total. The van der Waals surface area contributed by atoms with Gasteiger partial charge in [-0.1, -0.05) is 121 Å². The lowest BCUT2D eigenvalue weighted by Crippen LogP contribution is -2.27. The molecule has 1 aliphatic carbocycles. The van der Waals surface area contributed by atoms with Gasteiger partial charge in [0.2, 0.25) is 0 Å². The largest absolute Gasteiger partial charge is 0.0758 e. The fraction of sp³-hybridized carbons (Fsp3) is 0.0588.